The number of ether oxygens (including phenoxy) is 1. The van der Waals surface area contributed by atoms with E-state index in [1.54, 1.807) is 19.2 Å². The Morgan fingerprint density at radius 3 is 2.44 bits per heavy atom. The van der Waals surface area contributed by atoms with Crippen LogP contribution >= 0.6 is 0 Å². The zero-order valence-corrected chi connectivity index (χ0v) is 20.5. The second kappa shape index (κ2) is 10.8. The van der Waals surface area contributed by atoms with Gasteiger partial charge in [0.05, 0.1) is 29.7 Å². The first-order valence-electron chi connectivity index (χ1n) is 11.1. The van der Waals surface area contributed by atoms with E-state index in [1.165, 1.54) is 30.7 Å². The fraction of sp³-hybridized carbons (Fsp3) is 0.500. The van der Waals surface area contributed by atoms with Crippen molar-refractivity contribution in [2.75, 3.05) is 54.7 Å². The molecule has 0 radical (unpaired) electrons. The van der Waals surface area contributed by atoms with Crippen LogP contribution in [0.3, 0.4) is 0 Å². The van der Waals surface area contributed by atoms with Crippen molar-refractivity contribution in [1.29, 1.82) is 5.26 Å². The molecule has 11 nitrogen and oxygen atoms in total. The van der Waals surface area contributed by atoms with Crippen LogP contribution in [0, 0.1) is 11.3 Å². The standard InChI is InChI=1S/C22H30N6O5S/c1-4-34(31,32)24-18-14-17(16-23)6-7-19(18)33-13-5-8-27-9-11-28(12-10-27)20-15-21(29)26(3)22(30)25(20)2/h6-7,14-15,24H,4-5,8-13H2,1-3H3. The van der Waals surface area contributed by atoms with Gasteiger partial charge < -0.3 is 9.64 Å². The smallest absolute Gasteiger partial charge is 0.332 e. The minimum Gasteiger partial charge on any atom is -0.491 e. The molecule has 1 N–H and O–H groups in total. The first-order valence-corrected chi connectivity index (χ1v) is 12.7. The van der Waals surface area contributed by atoms with Gasteiger partial charge in [-0.3, -0.25) is 23.6 Å². The third kappa shape index (κ3) is 5.98. The fourth-order valence-electron chi connectivity index (χ4n) is 3.74. The third-order valence-corrected chi connectivity index (χ3v) is 7.12. The highest BCUT2D eigenvalue weighted by Gasteiger charge is 2.20. The number of nitriles is 1. The Morgan fingerprint density at radius 1 is 1.09 bits per heavy atom. The van der Waals surface area contributed by atoms with Gasteiger partial charge >= 0.3 is 5.69 Å². The van der Waals surface area contributed by atoms with Crippen molar-refractivity contribution in [2.45, 2.75) is 13.3 Å². The molecule has 0 saturated carbocycles. The van der Waals surface area contributed by atoms with Gasteiger partial charge in [0.1, 0.15) is 11.6 Å². The molecule has 184 valence electrons. The van der Waals surface area contributed by atoms with E-state index in [1.807, 2.05) is 11.0 Å². The van der Waals surface area contributed by atoms with Gasteiger partial charge in [-0.2, -0.15) is 5.26 Å². The second-order valence-corrected chi connectivity index (χ2v) is 10.1. The SMILES string of the molecule is CCS(=O)(=O)Nc1cc(C#N)ccc1OCCCN1CCN(c2cc(=O)n(C)c(=O)n2C)CC1. The van der Waals surface area contributed by atoms with Gasteiger partial charge in [-0.05, 0) is 31.5 Å². The number of aromatic nitrogens is 2. The first-order chi connectivity index (χ1) is 16.1. The quantitative estimate of drug-likeness (QED) is 0.497. The van der Waals surface area contributed by atoms with Gasteiger partial charge in [-0.1, -0.05) is 0 Å². The largest absolute Gasteiger partial charge is 0.491 e. The molecule has 3 rings (SSSR count). The van der Waals surface area contributed by atoms with E-state index in [-0.39, 0.29) is 22.7 Å². The van der Waals surface area contributed by atoms with Crippen LogP contribution in [-0.4, -0.2) is 67.5 Å². The number of anilines is 2. The molecule has 12 heteroatoms. The lowest BCUT2D eigenvalue weighted by Gasteiger charge is -2.36. The number of rotatable bonds is 9. The molecule has 2 aromatic rings. The Labute approximate surface area is 198 Å². The van der Waals surface area contributed by atoms with Crippen molar-refractivity contribution in [1.82, 2.24) is 14.0 Å². The number of hydrogen-bond donors (Lipinski definition) is 1. The van der Waals surface area contributed by atoms with E-state index < -0.39 is 10.0 Å². The van der Waals surface area contributed by atoms with Crippen LogP contribution in [-0.2, 0) is 24.1 Å². The number of hydrogen-bond acceptors (Lipinski definition) is 8. The molecular formula is C22H30N6O5S. The maximum Gasteiger partial charge on any atom is 0.332 e. The third-order valence-electron chi connectivity index (χ3n) is 5.83. The van der Waals surface area contributed by atoms with Gasteiger partial charge in [0.25, 0.3) is 5.56 Å². The molecule has 0 amide bonds. The van der Waals surface area contributed by atoms with Crippen LogP contribution in [0.15, 0.2) is 33.9 Å². The molecule has 0 atom stereocenters. The summed E-state index contributed by atoms with van der Waals surface area (Å²) in [6.07, 6.45) is 0.727. The van der Waals surface area contributed by atoms with Gasteiger partial charge in [0, 0.05) is 52.9 Å². The Bertz CT molecular complexity index is 1290. The summed E-state index contributed by atoms with van der Waals surface area (Å²) in [5.74, 6) is 0.923. The van der Waals surface area contributed by atoms with E-state index in [9.17, 15) is 18.0 Å². The number of benzene rings is 1. The lowest BCUT2D eigenvalue weighted by Crippen LogP contribution is -2.49. The number of nitrogens with zero attached hydrogens (tertiary/aromatic N) is 5. The van der Waals surface area contributed by atoms with Crippen LogP contribution in [0.25, 0.3) is 0 Å². The van der Waals surface area contributed by atoms with Crippen LogP contribution in [0.1, 0.15) is 18.9 Å². The Balaban J connectivity index is 1.52. The van der Waals surface area contributed by atoms with Crippen LogP contribution in [0.4, 0.5) is 11.5 Å². The summed E-state index contributed by atoms with van der Waals surface area (Å²) in [6.45, 7) is 5.66. The molecule has 0 bridgehead atoms. The Hall–Kier alpha value is -3.30. The minimum atomic E-state index is -3.50. The van der Waals surface area contributed by atoms with E-state index in [0.717, 1.165) is 30.6 Å². The minimum absolute atomic E-state index is 0.0824. The van der Waals surface area contributed by atoms with Crippen molar-refractivity contribution < 1.29 is 13.2 Å². The Kier molecular flexibility index (Phi) is 8.01. The van der Waals surface area contributed by atoms with Crippen molar-refractivity contribution in [3.05, 3.63) is 50.7 Å². The molecule has 0 aliphatic carbocycles. The molecule has 1 aliphatic heterocycles. The normalized spacial score (nSPS) is 14.6. The van der Waals surface area contributed by atoms with Crippen molar-refractivity contribution in [3.8, 4) is 11.8 Å². The lowest BCUT2D eigenvalue weighted by atomic mass is 10.2. The van der Waals surface area contributed by atoms with E-state index in [4.69, 9.17) is 10.00 Å². The molecule has 2 heterocycles. The van der Waals surface area contributed by atoms with Crippen molar-refractivity contribution in [2.24, 2.45) is 14.1 Å². The summed E-state index contributed by atoms with van der Waals surface area (Å²) in [5.41, 5.74) is -0.0616. The summed E-state index contributed by atoms with van der Waals surface area (Å²) in [4.78, 5) is 28.5. The highest BCUT2D eigenvalue weighted by atomic mass is 32.2. The second-order valence-electron chi connectivity index (χ2n) is 8.10. The summed E-state index contributed by atoms with van der Waals surface area (Å²) < 4.78 is 34.8. The fourth-order valence-corrected chi connectivity index (χ4v) is 4.38. The molecule has 0 unspecified atom stereocenters. The number of piperazine rings is 1. The van der Waals surface area contributed by atoms with Gasteiger partial charge in [-0.15, -0.1) is 0 Å². The van der Waals surface area contributed by atoms with Crippen molar-refractivity contribution in [3.63, 3.8) is 0 Å². The zero-order chi connectivity index (χ0) is 24.9. The maximum atomic E-state index is 12.2. The molecule has 34 heavy (non-hydrogen) atoms. The lowest BCUT2D eigenvalue weighted by molar-refractivity contribution is 0.224. The first kappa shape index (κ1) is 25.3. The molecule has 0 spiro atoms. The van der Waals surface area contributed by atoms with Gasteiger partial charge in [-0.25, -0.2) is 13.2 Å². The van der Waals surface area contributed by atoms with Crippen LogP contribution in [0.2, 0.25) is 0 Å². The monoisotopic (exact) mass is 490 g/mol. The number of sulfonamides is 1. The molecule has 1 saturated heterocycles. The molecule has 1 aromatic carbocycles. The van der Waals surface area contributed by atoms with Crippen LogP contribution < -0.4 is 25.6 Å². The molecule has 1 aromatic heterocycles. The maximum absolute atomic E-state index is 12.2. The Morgan fingerprint density at radius 2 is 1.79 bits per heavy atom. The van der Waals surface area contributed by atoms with E-state index in [0.29, 0.717) is 36.8 Å². The van der Waals surface area contributed by atoms with E-state index >= 15 is 0 Å². The zero-order valence-electron chi connectivity index (χ0n) is 19.7. The average molecular weight is 491 g/mol. The topological polar surface area (TPSA) is 130 Å². The van der Waals surface area contributed by atoms with Crippen molar-refractivity contribution >= 4 is 21.5 Å². The molecular weight excluding hydrogens is 460 g/mol. The van der Waals surface area contributed by atoms with Gasteiger partial charge in [0.2, 0.25) is 10.0 Å². The summed E-state index contributed by atoms with van der Waals surface area (Å²) in [7, 11) is -0.369. The predicted molar refractivity (Wildman–Crippen MR) is 130 cm³/mol. The molecule has 1 fully saturated rings. The summed E-state index contributed by atoms with van der Waals surface area (Å²) in [6, 6.07) is 8.14. The predicted octanol–water partition coefficient (Wildman–Crippen LogP) is 0.308. The summed E-state index contributed by atoms with van der Waals surface area (Å²) >= 11 is 0. The van der Waals surface area contributed by atoms with Gasteiger partial charge in [0.15, 0.2) is 0 Å². The number of nitrogens with one attached hydrogen (secondary N) is 1. The van der Waals surface area contributed by atoms with E-state index in [2.05, 4.69) is 9.62 Å². The molecule has 1 aliphatic rings. The average Bonchev–Trinajstić information content (AvgIpc) is 2.83. The summed E-state index contributed by atoms with van der Waals surface area (Å²) in [5, 5.41) is 9.10. The highest BCUT2D eigenvalue weighted by Crippen LogP contribution is 2.27. The van der Waals surface area contributed by atoms with Crippen LogP contribution in [0.5, 0.6) is 5.75 Å². The highest BCUT2D eigenvalue weighted by molar-refractivity contribution is 7.92.